The number of carbonyl (C=O) groups is 3. The third-order valence-corrected chi connectivity index (χ3v) is 10.3. The molecule has 1 N–H and O–H groups in total. The van der Waals surface area contributed by atoms with E-state index < -0.39 is 21.6 Å². The van der Waals surface area contributed by atoms with E-state index in [0.29, 0.717) is 25.7 Å². The minimum atomic E-state index is -1.16. The molecule has 0 saturated carbocycles. The van der Waals surface area contributed by atoms with E-state index >= 15 is 0 Å². The summed E-state index contributed by atoms with van der Waals surface area (Å²) in [4.78, 5) is 39.5. The Kier molecular flexibility index (Phi) is 6.22. The zero-order chi connectivity index (χ0) is 28.4. The van der Waals surface area contributed by atoms with Gasteiger partial charge in [0.15, 0.2) is 0 Å². The standard InChI is InChI=1S/C34H28Cl2N2O3/c35-33-23-14-5-6-15-24(23)34(36,26-17-8-7-16-25(26)33)30-29(33)31(40)38(32(30)41)20-9-1-2-19-28(39)37-27-18-10-12-21-11-3-4-13-22(21)27/h3-8,10-18,29-30H,1-2,9,19-20H2,(H,37,39)/t29-,30-,33?,34?/m1/s1. The van der Waals surface area contributed by atoms with E-state index in [-0.39, 0.29) is 24.3 Å². The zero-order valence-electron chi connectivity index (χ0n) is 22.3. The van der Waals surface area contributed by atoms with Crippen LogP contribution in [0.4, 0.5) is 5.69 Å². The molecule has 4 aliphatic rings. The SMILES string of the molecule is O=C(CCCCCN1C(=O)[C@H]2[C@H](C1=O)C1(Cl)c3ccccc3C2(Cl)c2ccccc21)Nc1cccc2ccccc12. The van der Waals surface area contributed by atoms with Gasteiger partial charge in [-0.05, 0) is 46.5 Å². The number of rotatable bonds is 7. The average molecular weight is 584 g/mol. The van der Waals surface area contributed by atoms with Crippen LogP contribution in [0.25, 0.3) is 10.8 Å². The molecule has 2 atom stereocenters. The molecule has 1 saturated heterocycles. The van der Waals surface area contributed by atoms with Crippen molar-refractivity contribution < 1.29 is 14.4 Å². The smallest absolute Gasteiger partial charge is 0.235 e. The van der Waals surface area contributed by atoms with Crippen LogP contribution in [-0.4, -0.2) is 29.2 Å². The van der Waals surface area contributed by atoms with Crippen LogP contribution in [0.5, 0.6) is 0 Å². The summed E-state index contributed by atoms with van der Waals surface area (Å²) in [5.41, 5.74) is 4.01. The summed E-state index contributed by atoms with van der Waals surface area (Å²) in [5.74, 6) is -2.13. The maximum atomic E-state index is 13.9. The van der Waals surface area contributed by atoms with E-state index in [0.717, 1.165) is 38.7 Å². The summed E-state index contributed by atoms with van der Waals surface area (Å²) in [5, 5.41) is 5.10. The van der Waals surface area contributed by atoms with Gasteiger partial charge in [-0.15, -0.1) is 23.2 Å². The van der Waals surface area contributed by atoms with E-state index in [9.17, 15) is 14.4 Å². The van der Waals surface area contributed by atoms with Crippen molar-refractivity contribution in [3.8, 4) is 0 Å². The van der Waals surface area contributed by atoms with Crippen molar-refractivity contribution >= 4 is 57.4 Å². The second-order valence-electron chi connectivity index (χ2n) is 11.2. The Labute approximate surface area is 248 Å². The van der Waals surface area contributed by atoms with Gasteiger partial charge in [-0.1, -0.05) is 91.3 Å². The van der Waals surface area contributed by atoms with Gasteiger partial charge in [-0.25, -0.2) is 0 Å². The summed E-state index contributed by atoms with van der Waals surface area (Å²) in [6.07, 6.45) is 2.31. The zero-order valence-corrected chi connectivity index (χ0v) is 23.8. The molecule has 2 bridgehead atoms. The van der Waals surface area contributed by atoms with Gasteiger partial charge in [-0.2, -0.15) is 0 Å². The van der Waals surface area contributed by atoms with E-state index in [1.165, 1.54) is 4.90 Å². The normalized spacial score (nSPS) is 25.7. The molecule has 3 amide bonds. The highest BCUT2D eigenvalue weighted by molar-refractivity contribution is 6.36. The predicted octanol–water partition coefficient (Wildman–Crippen LogP) is 6.93. The van der Waals surface area contributed by atoms with Crippen molar-refractivity contribution in [1.29, 1.82) is 0 Å². The van der Waals surface area contributed by atoms with E-state index in [4.69, 9.17) is 23.2 Å². The van der Waals surface area contributed by atoms with Crippen LogP contribution in [0.3, 0.4) is 0 Å². The van der Waals surface area contributed by atoms with Gasteiger partial charge in [-0.3, -0.25) is 19.3 Å². The first kappa shape index (κ1) is 26.2. The average Bonchev–Trinajstić information content (AvgIpc) is 3.26. The Balaban J connectivity index is 1.04. The lowest BCUT2D eigenvalue weighted by Gasteiger charge is -2.54. The molecular weight excluding hydrogens is 555 g/mol. The summed E-state index contributed by atoms with van der Waals surface area (Å²) in [6, 6.07) is 29.1. The lowest BCUT2D eigenvalue weighted by atomic mass is 9.54. The molecule has 1 fully saturated rings. The lowest BCUT2D eigenvalue weighted by molar-refractivity contribution is -0.140. The van der Waals surface area contributed by atoms with Crippen molar-refractivity contribution in [1.82, 2.24) is 4.90 Å². The maximum absolute atomic E-state index is 13.9. The molecule has 1 heterocycles. The summed E-state index contributed by atoms with van der Waals surface area (Å²) in [6.45, 7) is 0.280. The number of hydrogen-bond acceptors (Lipinski definition) is 3. The molecule has 41 heavy (non-hydrogen) atoms. The molecular formula is C34H28Cl2N2O3. The topological polar surface area (TPSA) is 66.5 Å². The highest BCUT2D eigenvalue weighted by atomic mass is 35.5. The van der Waals surface area contributed by atoms with Crippen molar-refractivity contribution in [2.75, 3.05) is 11.9 Å². The number of likely N-dealkylation sites (tertiary alicyclic amines) is 1. The Bertz CT molecular complexity index is 1610. The molecule has 3 aliphatic carbocycles. The monoisotopic (exact) mass is 582 g/mol. The van der Waals surface area contributed by atoms with Crippen LogP contribution in [0, 0.1) is 11.8 Å². The van der Waals surface area contributed by atoms with Crippen molar-refractivity contribution in [3.05, 3.63) is 113 Å². The Morgan fingerprint density at radius 3 is 1.78 bits per heavy atom. The lowest BCUT2D eigenvalue weighted by Crippen LogP contribution is -2.57. The number of hydrogen-bond donors (Lipinski definition) is 1. The van der Waals surface area contributed by atoms with Crippen LogP contribution in [0.1, 0.15) is 47.9 Å². The van der Waals surface area contributed by atoms with Crippen LogP contribution < -0.4 is 5.32 Å². The largest absolute Gasteiger partial charge is 0.326 e. The number of imide groups is 1. The highest BCUT2D eigenvalue weighted by Crippen LogP contribution is 2.69. The molecule has 206 valence electrons. The molecule has 5 nitrogen and oxygen atoms in total. The fourth-order valence-corrected chi connectivity index (χ4v) is 8.32. The first-order chi connectivity index (χ1) is 19.9. The third kappa shape index (κ3) is 3.72. The van der Waals surface area contributed by atoms with Crippen LogP contribution in [0.2, 0.25) is 0 Å². The molecule has 0 radical (unpaired) electrons. The van der Waals surface area contributed by atoms with Crippen molar-refractivity contribution in [2.45, 2.75) is 35.4 Å². The Morgan fingerprint density at radius 2 is 1.20 bits per heavy atom. The van der Waals surface area contributed by atoms with Crippen molar-refractivity contribution in [3.63, 3.8) is 0 Å². The molecule has 4 aromatic carbocycles. The third-order valence-electron chi connectivity index (χ3n) is 9.03. The van der Waals surface area contributed by atoms with Gasteiger partial charge in [0.1, 0.15) is 9.75 Å². The fourth-order valence-electron chi connectivity index (χ4n) is 7.22. The number of fused-ring (bicyclic) bond motifs is 1. The minimum Gasteiger partial charge on any atom is -0.326 e. The number of benzene rings is 4. The molecule has 8 rings (SSSR count). The van der Waals surface area contributed by atoms with E-state index in [1.54, 1.807) is 0 Å². The van der Waals surface area contributed by atoms with E-state index in [1.807, 2.05) is 91.0 Å². The molecule has 0 aromatic heterocycles. The van der Waals surface area contributed by atoms with Gasteiger partial charge >= 0.3 is 0 Å². The number of nitrogens with zero attached hydrogens (tertiary/aromatic N) is 1. The van der Waals surface area contributed by atoms with E-state index in [2.05, 4.69) is 5.32 Å². The molecule has 7 heteroatoms. The molecule has 0 unspecified atom stereocenters. The number of alkyl halides is 2. The second-order valence-corrected chi connectivity index (χ2v) is 12.4. The molecule has 1 aliphatic heterocycles. The number of nitrogens with one attached hydrogen (secondary N) is 1. The second kappa shape index (κ2) is 9.71. The number of halogens is 2. The summed E-state index contributed by atoms with van der Waals surface area (Å²) < 4.78 is 0. The van der Waals surface area contributed by atoms with Crippen LogP contribution >= 0.6 is 23.2 Å². The van der Waals surface area contributed by atoms with Gasteiger partial charge < -0.3 is 5.32 Å². The van der Waals surface area contributed by atoms with Crippen molar-refractivity contribution in [2.24, 2.45) is 11.8 Å². The molecule has 0 spiro atoms. The minimum absolute atomic E-state index is 0.0547. The number of carbonyl (C=O) groups excluding carboxylic acids is 3. The summed E-state index contributed by atoms with van der Waals surface area (Å²) in [7, 11) is 0. The fraction of sp³-hybridized carbons (Fsp3) is 0.265. The number of amides is 3. The van der Waals surface area contributed by atoms with Gasteiger partial charge in [0.25, 0.3) is 0 Å². The van der Waals surface area contributed by atoms with Crippen LogP contribution in [-0.2, 0) is 24.1 Å². The summed E-state index contributed by atoms with van der Waals surface area (Å²) >= 11 is 14.9. The maximum Gasteiger partial charge on any atom is 0.235 e. The first-order valence-electron chi connectivity index (χ1n) is 14.1. The predicted molar refractivity (Wildman–Crippen MR) is 161 cm³/mol. The number of anilines is 1. The van der Waals surface area contributed by atoms with Gasteiger partial charge in [0, 0.05) is 24.0 Å². The molecule has 4 aromatic rings. The highest BCUT2D eigenvalue weighted by Gasteiger charge is 2.72. The van der Waals surface area contributed by atoms with Gasteiger partial charge in [0.2, 0.25) is 17.7 Å². The first-order valence-corrected chi connectivity index (χ1v) is 14.8. The Hall–Kier alpha value is -3.67. The van der Waals surface area contributed by atoms with Crippen LogP contribution in [0.15, 0.2) is 91.0 Å². The quantitative estimate of drug-likeness (QED) is 0.146. The van der Waals surface area contributed by atoms with Gasteiger partial charge in [0.05, 0.1) is 11.8 Å². The number of unbranched alkanes of at least 4 members (excludes halogenated alkanes) is 2. The Morgan fingerprint density at radius 1 is 0.683 bits per heavy atom.